The van der Waals surface area contributed by atoms with Gasteiger partial charge in [0.15, 0.2) is 5.78 Å². The van der Waals surface area contributed by atoms with Gasteiger partial charge in [0.25, 0.3) is 0 Å². The van der Waals surface area contributed by atoms with E-state index in [1.54, 1.807) is 0 Å². The van der Waals surface area contributed by atoms with E-state index in [0.29, 0.717) is 12.1 Å². The third-order valence-electron chi connectivity index (χ3n) is 3.60. The van der Waals surface area contributed by atoms with Gasteiger partial charge in [-0.15, -0.1) is 0 Å². The molecule has 0 amide bonds. The second kappa shape index (κ2) is 6.12. The Kier molecular flexibility index (Phi) is 4.50. The Balaban J connectivity index is 1.92. The fourth-order valence-electron chi connectivity index (χ4n) is 2.28. The number of rotatable bonds is 4. The Bertz CT molecular complexity index is 456. The van der Waals surface area contributed by atoms with E-state index in [4.69, 9.17) is 5.73 Å². The van der Waals surface area contributed by atoms with Crippen molar-refractivity contribution in [3.63, 3.8) is 0 Å². The zero-order valence-electron chi connectivity index (χ0n) is 11.2. The number of likely N-dealkylation sites (N-methyl/N-ethyl adjacent to an activating group) is 1. The van der Waals surface area contributed by atoms with E-state index >= 15 is 0 Å². The van der Waals surface area contributed by atoms with Crippen molar-refractivity contribution in [2.24, 2.45) is 0 Å². The average molecular weight is 265 g/mol. The van der Waals surface area contributed by atoms with Crippen molar-refractivity contribution in [3.8, 4) is 0 Å². The summed E-state index contributed by atoms with van der Waals surface area (Å²) in [6.45, 7) is 7.36. The number of carbonyl (C=O) groups excluding carboxylic acids is 1. The maximum Gasteiger partial charge on any atom is 0.176 e. The molecular formula is C14H20FN3O. The van der Waals surface area contributed by atoms with Crippen molar-refractivity contribution in [3.05, 3.63) is 29.6 Å². The Hall–Kier alpha value is -1.46. The van der Waals surface area contributed by atoms with Crippen LogP contribution in [0.25, 0.3) is 0 Å². The van der Waals surface area contributed by atoms with Crippen LogP contribution in [0.3, 0.4) is 0 Å². The summed E-state index contributed by atoms with van der Waals surface area (Å²) in [5, 5.41) is 0. The van der Waals surface area contributed by atoms with Crippen LogP contribution >= 0.6 is 0 Å². The number of nitrogens with zero attached hydrogens (tertiary/aromatic N) is 2. The van der Waals surface area contributed by atoms with Crippen LogP contribution in [0.1, 0.15) is 17.3 Å². The molecule has 1 aromatic carbocycles. The molecule has 0 atom stereocenters. The van der Waals surface area contributed by atoms with E-state index in [2.05, 4.69) is 16.7 Å². The largest absolute Gasteiger partial charge is 0.396 e. The number of hydrogen-bond donors (Lipinski definition) is 1. The molecule has 1 aliphatic heterocycles. The average Bonchev–Trinajstić information content (AvgIpc) is 2.42. The lowest BCUT2D eigenvalue weighted by Gasteiger charge is -2.33. The van der Waals surface area contributed by atoms with Gasteiger partial charge in [-0.25, -0.2) is 4.39 Å². The Morgan fingerprint density at radius 1 is 1.26 bits per heavy atom. The highest BCUT2D eigenvalue weighted by Gasteiger charge is 2.18. The minimum absolute atomic E-state index is 0.00310. The standard InChI is InChI=1S/C14H20FN3O/c1-2-17-5-7-18(8-6-17)10-14(19)11-3-4-12(15)13(16)9-11/h3-4,9H,2,5-8,10,16H2,1H3. The Morgan fingerprint density at radius 2 is 1.89 bits per heavy atom. The molecular weight excluding hydrogens is 245 g/mol. The van der Waals surface area contributed by atoms with E-state index in [-0.39, 0.29) is 11.5 Å². The SMILES string of the molecule is CCN1CCN(CC(=O)c2ccc(F)c(N)c2)CC1. The second-order valence-corrected chi connectivity index (χ2v) is 4.87. The van der Waals surface area contributed by atoms with Crippen LogP contribution < -0.4 is 5.73 Å². The highest BCUT2D eigenvalue weighted by molar-refractivity contribution is 5.98. The topological polar surface area (TPSA) is 49.6 Å². The number of benzene rings is 1. The minimum atomic E-state index is -0.479. The molecule has 1 heterocycles. The van der Waals surface area contributed by atoms with Gasteiger partial charge < -0.3 is 10.6 Å². The first kappa shape index (κ1) is 14.0. The van der Waals surface area contributed by atoms with E-state index in [0.717, 1.165) is 32.7 Å². The predicted octanol–water partition coefficient (Wildman–Crippen LogP) is 1.23. The monoisotopic (exact) mass is 265 g/mol. The quantitative estimate of drug-likeness (QED) is 0.657. The highest BCUT2D eigenvalue weighted by Crippen LogP contribution is 2.13. The zero-order chi connectivity index (χ0) is 13.8. The van der Waals surface area contributed by atoms with Crippen molar-refractivity contribution in [1.82, 2.24) is 9.80 Å². The molecule has 104 valence electrons. The molecule has 0 aromatic heterocycles. The molecule has 1 aromatic rings. The van der Waals surface area contributed by atoms with Crippen LogP contribution in [0.5, 0.6) is 0 Å². The van der Waals surface area contributed by atoms with Crippen molar-refractivity contribution in [2.45, 2.75) is 6.92 Å². The number of nitrogen functional groups attached to an aromatic ring is 1. The molecule has 0 aliphatic carbocycles. The van der Waals surface area contributed by atoms with Gasteiger partial charge in [-0.3, -0.25) is 9.69 Å². The van der Waals surface area contributed by atoms with Gasteiger partial charge in [0, 0.05) is 31.7 Å². The van der Waals surface area contributed by atoms with Gasteiger partial charge in [0.2, 0.25) is 0 Å². The number of ketones is 1. The first-order valence-electron chi connectivity index (χ1n) is 6.63. The maximum atomic E-state index is 13.1. The fraction of sp³-hybridized carbons (Fsp3) is 0.500. The Morgan fingerprint density at radius 3 is 2.47 bits per heavy atom. The molecule has 5 heteroatoms. The summed E-state index contributed by atoms with van der Waals surface area (Å²) in [6.07, 6.45) is 0. The molecule has 19 heavy (non-hydrogen) atoms. The number of halogens is 1. The fourth-order valence-corrected chi connectivity index (χ4v) is 2.28. The summed E-state index contributed by atoms with van der Waals surface area (Å²) in [5.41, 5.74) is 5.99. The van der Waals surface area contributed by atoms with Gasteiger partial charge in [-0.1, -0.05) is 6.92 Å². The van der Waals surface area contributed by atoms with Crippen LogP contribution in [-0.4, -0.2) is 54.9 Å². The molecule has 1 saturated heterocycles. The smallest absolute Gasteiger partial charge is 0.176 e. The van der Waals surface area contributed by atoms with Gasteiger partial charge >= 0.3 is 0 Å². The van der Waals surface area contributed by atoms with Gasteiger partial charge in [0.1, 0.15) is 5.82 Å². The summed E-state index contributed by atoms with van der Waals surface area (Å²) in [7, 11) is 0. The first-order chi connectivity index (χ1) is 9.10. The zero-order valence-corrected chi connectivity index (χ0v) is 11.2. The Labute approximate surface area is 113 Å². The lowest BCUT2D eigenvalue weighted by molar-refractivity contribution is 0.0859. The molecule has 0 saturated carbocycles. The van der Waals surface area contributed by atoms with Crippen molar-refractivity contribution in [1.29, 1.82) is 0 Å². The van der Waals surface area contributed by atoms with Crippen LogP contribution in [-0.2, 0) is 0 Å². The van der Waals surface area contributed by atoms with Gasteiger partial charge in [-0.2, -0.15) is 0 Å². The molecule has 1 aliphatic rings. The number of hydrogen-bond acceptors (Lipinski definition) is 4. The van der Waals surface area contributed by atoms with E-state index in [1.807, 2.05) is 0 Å². The second-order valence-electron chi connectivity index (χ2n) is 4.87. The van der Waals surface area contributed by atoms with Crippen LogP contribution in [0.4, 0.5) is 10.1 Å². The number of Topliss-reactive ketones (excluding diaryl/α,β-unsaturated/α-hetero) is 1. The predicted molar refractivity (Wildman–Crippen MR) is 73.7 cm³/mol. The van der Waals surface area contributed by atoms with Crippen molar-refractivity contribution in [2.75, 3.05) is 45.0 Å². The summed E-state index contributed by atoms with van der Waals surface area (Å²) >= 11 is 0. The van der Waals surface area contributed by atoms with Crippen LogP contribution in [0.2, 0.25) is 0 Å². The number of carbonyl (C=O) groups is 1. The van der Waals surface area contributed by atoms with E-state index in [9.17, 15) is 9.18 Å². The number of anilines is 1. The van der Waals surface area contributed by atoms with Gasteiger partial charge in [-0.05, 0) is 24.7 Å². The summed E-state index contributed by atoms with van der Waals surface area (Å²) in [6, 6.07) is 4.16. The lowest BCUT2D eigenvalue weighted by atomic mass is 10.1. The molecule has 0 bridgehead atoms. The number of piperazine rings is 1. The summed E-state index contributed by atoms with van der Waals surface area (Å²) < 4.78 is 13.1. The van der Waals surface area contributed by atoms with E-state index < -0.39 is 5.82 Å². The van der Waals surface area contributed by atoms with Crippen molar-refractivity contribution >= 4 is 11.5 Å². The molecule has 0 radical (unpaired) electrons. The summed E-state index contributed by atoms with van der Waals surface area (Å²) in [4.78, 5) is 16.6. The molecule has 1 fully saturated rings. The van der Waals surface area contributed by atoms with Crippen molar-refractivity contribution < 1.29 is 9.18 Å². The van der Waals surface area contributed by atoms with Crippen LogP contribution in [0, 0.1) is 5.82 Å². The third kappa shape index (κ3) is 3.52. The molecule has 0 unspecified atom stereocenters. The van der Waals surface area contributed by atoms with E-state index in [1.165, 1.54) is 18.2 Å². The molecule has 0 spiro atoms. The normalized spacial score (nSPS) is 17.6. The first-order valence-corrected chi connectivity index (χ1v) is 6.63. The maximum absolute atomic E-state index is 13.1. The third-order valence-corrected chi connectivity index (χ3v) is 3.60. The molecule has 2 rings (SSSR count). The summed E-state index contributed by atoms with van der Waals surface area (Å²) in [5.74, 6) is -0.482. The molecule has 4 nitrogen and oxygen atoms in total. The van der Waals surface area contributed by atoms with Crippen LogP contribution in [0.15, 0.2) is 18.2 Å². The number of nitrogens with two attached hydrogens (primary N) is 1. The minimum Gasteiger partial charge on any atom is -0.396 e. The lowest BCUT2D eigenvalue weighted by Crippen LogP contribution is -2.47. The highest BCUT2D eigenvalue weighted by atomic mass is 19.1. The molecule has 2 N–H and O–H groups in total. The van der Waals surface area contributed by atoms with Gasteiger partial charge in [0.05, 0.1) is 12.2 Å².